The van der Waals surface area contributed by atoms with Crippen LogP contribution < -0.4 is 10.6 Å². The predicted octanol–water partition coefficient (Wildman–Crippen LogP) is 4.08. The Hall–Kier alpha value is -3.26. The van der Waals surface area contributed by atoms with Gasteiger partial charge in [-0.05, 0) is 70.2 Å². The maximum Gasteiger partial charge on any atom is 0.413 e. The van der Waals surface area contributed by atoms with Crippen LogP contribution in [0.3, 0.4) is 0 Å². The van der Waals surface area contributed by atoms with Gasteiger partial charge in [0.05, 0.1) is 6.61 Å². The van der Waals surface area contributed by atoms with Crippen LogP contribution in [-0.4, -0.2) is 47.6 Å². The fraction of sp³-hybridized carbons (Fsp3) is 0.462. The number of pyridine rings is 1. The molecule has 2 aromatic rings. The van der Waals surface area contributed by atoms with Crippen LogP contribution in [0.25, 0.3) is 0 Å². The lowest BCUT2D eigenvalue weighted by atomic mass is 10.0. The molecule has 34 heavy (non-hydrogen) atoms. The third-order valence-electron chi connectivity index (χ3n) is 4.79. The van der Waals surface area contributed by atoms with E-state index in [0.717, 1.165) is 11.1 Å². The number of carbonyl (C=O) groups excluding carboxylic acids is 3. The molecule has 1 unspecified atom stereocenters. The number of carbonyl (C=O) groups is 3. The lowest BCUT2D eigenvalue weighted by Gasteiger charge is -2.19. The molecule has 1 amide bonds. The summed E-state index contributed by atoms with van der Waals surface area (Å²) < 4.78 is 10.3. The van der Waals surface area contributed by atoms with E-state index in [0.29, 0.717) is 31.6 Å². The predicted molar refractivity (Wildman–Crippen MR) is 131 cm³/mol. The van der Waals surface area contributed by atoms with Gasteiger partial charge in [0, 0.05) is 19.2 Å². The Kier molecular flexibility index (Phi) is 10.7. The van der Waals surface area contributed by atoms with Crippen molar-refractivity contribution in [2.24, 2.45) is 0 Å². The van der Waals surface area contributed by atoms with Crippen molar-refractivity contribution in [1.29, 1.82) is 0 Å². The lowest BCUT2D eigenvalue weighted by molar-refractivity contribution is -0.148. The highest BCUT2D eigenvalue weighted by Crippen LogP contribution is 2.13. The molecule has 2 rings (SSSR count). The van der Waals surface area contributed by atoms with Crippen LogP contribution in [0, 0.1) is 0 Å². The average molecular weight is 470 g/mol. The number of amides is 1. The molecule has 8 heteroatoms. The quantitative estimate of drug-likeness (QED) is 0.356. The molecule has 0 bridgehead atoms. The number of rotatable bonds is 12. The van der Waals surface area contributed by atoms with E-state index >= 15 is 0 Å². The standard InChI is InChI=1S/C26H35N3O5/c1-5-33-24(31)23(28-17-14-19-10-7-6-8-11-19)21(30)13-9-12-20-15-16-27-22(18-20)29-25(32)34-26(2,3)4/h6-8,10-11,15-16,18,23,28H,5,9,12-14,17H2,1-4H3,(H,27,29,32). The zero-order chi connectivity index (χ0) is 25.0. The van der Waals surface area contributed by atoms with Gasteiger partial charge >= 0.3 is 12.1 Å². The molecule has 0 aliphatic heterocycles. The largest absolute Gasteiger partial charge is 0.464 e. The number of Topliss-reactive ketones (excluding diaryl/α,β-unsaturated/α-hetero) is 1. The van der Waals surface area contributed by atoms with Crippen molar-refractivity contribution in [2.75, 3.05) is 18.5 Å². The lowest BCUT2D eigenvalue weighted by Crippen LogP contribution is -2.45. The van der Waals surface area contributed by atoms with Crippen molar-refractivity contribution in [3.8, 4) is 0 Å². The molecule has 0 radical (unpaired) electrons. The maximum atomic E-state index is 12.8. The number of ketones is 1. The summed E-state index contributed by atoms with van der Waals surface area (Å²) in [5.41, 5.74) is 1.43. The van der Waals surface area contributed by atoms with E-state index < -0.39 is 23.7 Å². The molecule has 2 N–H and O–H groups in total. The first-order valence-corrected chi connectivity index (χ1v) is 11.6. The SMILES string of the molecule is CCOC(=O)C(NCCc1ccccc1)C(=O)CCCc1ccnc(NC(=O)OC(C)(C)C)c1. The number of anilines is 1. The molecular formula is C26H35N3O5. The number of nitrogens with one attached hydrogen (secondary N) is 2. The second-order valence-corrected chi connectivity index (χ2v) is 8.87. The molecule has 8 nitrogen and oxygen atoms in total. The summed E-state index contributed by atoms with van der Waals surface area (Å²) in [7, 11) is 0. The zero-order valence-electron chi connectivity index (χ0n) is 20.4. The molecule has 0 spiro atoms. The number of ether oxygens (including phenoxy) is 2. The van der Waals surface area contributed by atoms with Crippen LogP contribution in [0.2, 0.25) is 0 Å². The van der Waals surface area contributed by atoms with Crippen LogP contribution >= 0.6 is 0 Å². The second-order valence-electron chi connectivity index (χ2n) is 8.87. The highest BCUT2D eigenvalue weighted by atomic mass is 16.6. The van der Waals surface area contributed by atoms with Crippen LogP contribution in [0.15, 0.2) is 48.7 Å². The molecule has 1 atom stereocenters. The summed E-state index contributed by atoms with van der Waals surface area (Å²) in [4.78, 5) is 41.2. The number of benzene rings is 1. The molecule has 0 saturated carbocycles. The summed E-state index contributed by atoms with van der Waals surface area (Å²) in [6.45, 7) is 7.78. The zero-order valence-corrected chi connectivity index (χ0v) is 20.4. The van der Waals surface area contributed by atoms with Crippen LogP contribution in [0.5, 0.6) is 0 Å². The van der Waals surface area contributed by atoms with E-state index in [-0.39, 0.29) is 18.8 Å². The van der Waals surface area contributed by atoms with Gasteiger partial charge in [0.2, 0.25) is 0 Å². The summed E-state index contributed by atoms with van der Waals surface area (Å²) in [6, 6.07) is 12.5. The van der Waals surface area contributed by atoms with E-state index in [2.05, 4.69) is 15.6 Å². The molecule has 1 aromatic heterocycles. The fourth-order valence-corrected chi connectivity index (χ4v) is 3.28. The van der Waals surface area contributed by atoms with Gasteiger partial charge in [0.25, 0.3) is 0 Å². The number of esters is 1. The van der Waals surface area contributed by atoms with Gasteiger partial charge in [-0.1, -0.05) is 30.3 Å². The van der Waals surface area contributed by atoms with Crippen molar-refractivity contribution in [3.63, 3.8) is 0 Å². The molecule has 0 aliphatic rings. The summed E-state index contributed by atoms with van der Waals surface area (Å²) in [5, 5.41) is 5.67. The molecule has 1 aromatic carbocycles. The topological polar surface area (TPSA) is 107 Å². The van der Waals surface area contributed by atoms with Crippen molar-refractivity contribution in [1.82, 2.24) is 10.3 Å². The van der Waals surface area contributed by atoms with E-state index in [1.165, 1.54) is 0 Å². The minimum Gasteiger partial charge on any atom is -0.464 e. The number of nitrogens with zero attached hydrogens (tertiary/aromatic N) is 1. The summed E-state index contributed by atoms with van der Waals surface area (Å²) in [6.07, 6.45) is 3.08. The van der Waals surface area contributed by atoms with E-state index in [9.17, 15) is 14.4 Å². The molecule has 1 heterocycles. The van der Waals surface area contributed by atoms with Crippen molar-refractivity contribution in [2.45, 2.75) is 65.0 Å². The first-order chi connectivity index (χ1) is 16.2. The first kappa shape index (κ1) is 27.0. The molecule has 184 valence electrons. The molecule has 0 aliphatic carbocycles. The molecule has 0 fully saturated rings. The Morgan fingerprint density at radius 1 is 1.03 bits per heavy atom. The Bertz CT molecular complexity index is 941. The van der Waals surface area contributed by atoms with Crippen molar-refractivity contribution >= 4 is 23.7 Å². The average Bonchev–Trinajstić information content (AvgIpc) is 2.76. The number of hydrogen-bond acceptors (Lipinski definition) is 7. The van der Waals surface area contributed by atoms with E-state index in [1.54, 1.807) is 40.0 Å². The van der Waals surface area contributed by atoms with Crippen molar-refractivity contribution in [3.05, 3.63) is 59.8 Å². The number of hydrogen-bond donors (Lipinski definition) is 2. The fourth-order valence-electron chi connectivity index (χ4n) is 3.28. The van der Waals surface area contributed by atoms with Crippen molar-refractivity contribution < 1.29 is 23.9 Å². The Morgan fingerprint density at radius 3 is 2.44 bits per heavy atom. The number of aryl methyl sites for hydroxylation is 1. The van der Waals surface area contributed by atoms with Gasteiger partial charge in [-0.25, -0.2) is 14.6 Å². The summed E-state index contributed by atoms with van der Waals surface area (Å²) in [5.74, 6) is -0.369. The Labute approximate surface area is 201 Å². The van der Waals surface area contributed by atoms with E-state index in [1.807, 2.05) is 36.4 Å². The number of aromatic nitrogens is 1. The smallest absolute Gasteiger partial charge is 0.413 e. The molecular weight excluding hydrogens is 434 g/mol. The Balaban J connectivity index is 1.87. The monoisotopic (exact) mass is 469 g/mol. The normalized spacial score (nSPS) is 12.0. The van der Waals surface area contributed by atoms with Crippen LogP contribution in [0.1, 0.15) is 51.7 Å². The maximum absolute atomic E-state index is 12.8. The summed E-state index contributed by atoms with van der Waals surface area (Å²) >= 11 is 0. The van der Waals surface area contributed by atoms with Gasteiger partial charge in [-0.3, -0.25) is 15.4 Å². The minimum atomic E-state index is -0.981. The van der Waals surface area contributed by atoms with Gasteiger partial charge < -0.3 is 9.47 Å². The third kappa shape index (κ3) is 10.1. The van der Waals surface area contributed by atoms with Crippen LogP contribution in [-0.2, 0) is 31.9 Å². The van der Waals surface area contributed by atoms with Gasteiger partial charge in [-0.2, -0.15) is 0 Å². The second kappa shape index (κ2) is 13.4. The highest BCUT2D eigenvalue weighted by molar-refractivity contribution is 6.03. The van der Waals surface area contributed by atoms with Crippen LogP contribution in [0.4, 0.5) is 10.6 Å². The van der Waals surface area contributed by atoms with E-state index in [4.69, 9.17) is 9.47 Å². The Morgan fingerprint density at radius 2 is 1.76 bits per heavy atom. The highest BCUT2D eigenvalue weighted by Gasteiger charge is 2.26. The first-order valence-electron chi connectivity index (χ1n) is 11.6. The molecule has 0 saturated heterocycles. The van der Waals surface area contributed by atoms with Gasteiger partial charge in [-0.15, -0.1) is 0 Å². The third-order valence-corrected chi connectivity index (χ3v) is 4.79. The van der Waals surface area contributed by atoms with Gasteiger partial charge in [0.1, 0.15) is 11.4 Å². The van der Waals surface area contributed by atoms with Gasteiger partial charge in [0.15, 0.2) is 11.8 Å². The minimum absolute atomic E-state index is 0.201.